The maximum Gasteiger partial charge on any atom is 0.327 e. The number of imidazole rings is 1. The number of piperidine rings is 2. The second-order valence-electron chi connectivity index (χ2n) is 14.8. The lowest BCUT2D eigenvalue weighted by molar-refractivity contribution is -0.136. The van der Waals surface area contributed by atoms with E-state index in [4.69, 9.17) is 0 Å². The van der Waals surface area contributed by atoms with E-state index >= 15 is 4.39 Å². The molecule has 3 aliphatic heterocycles. The monoisotopic (exact) mass is 652 g/mol. The minimum atomic E-state index is -0.534. The summed E-state index contributed by atoms with van der Waals surface area (Å²) in [7, 11) is 0. The summed E-state index contributed by atoms with van der Waals surface area (Å²) in [6, 6.07) is 8.92. The molecule has 2 aromatic heterocycles. The molecule has 6 rings (SSSR count). The molecule has 2 amide bonds. The molecule has 3 fully saturated rings. The molecular weight excluding hydrogens is 603 g/mol. The Morgan fingerprint density at radius 3 is 2.50 bits per heavy atom. The highest BCUT2D eigenvalue weighted by atomic mass is 32.2. The van der Waals surface area contributed by atoms with Crippen molar-refractivity contribution in [1.29, 1.82) is 0 Å². The Bertz CT molecular complexity index is 1640. The SMILES string of the molecule is C[C@@H]1C[C@H](C)CN(c2c(F)cccc2[C@H]2S[C@@H](CC(=O)N3CCC(n4c(=O)[nH]c5ncccc54)CC3)C(=O)N2CCC(C)(C)C)C1.[HH]. The molecule has 4 atom stereocenters. The summed E-state index contributed by atoms with van der Waals surface area (Å²) < 4.78 is 17.5. The molecule has 9 nitrogen and oxygen atoms in total. The van der Waals surface area contributed by atoms with E-state index < -0.39 is 5.25 Å². The number of halogens is 1. The van der Waals surface area contributed by atoms with Crippen molar-refractivity contribution in [3.05, 3.63) is 58.4 Å². The number of fused-ring (bicyclic) bond motifs is 1. The molecular formula is C35H49FN6O3S. The van der Waals surface area contributed by atoms with Crippen molar-refractivity contribution in [3.8, 4) is 0 Å². The van der Waals surface area contributed by atoms with Crippen molar-refractivity contribution < 1.29 is 15.4 Å². The van der Waals surface area contributed by atoms with E-state index in [-0.39, 0.29) is 48.0 Å². The number of carbonyl (C=O) groups is 2. The predicted molar refractivity (Wildman–Crippen MR) is 183 cm³/mol. The number of rotatable bonds is 7. The van der Waals surface area contributed by atoms with Gasteiger partial charge in [0.2, 0.25) is 11.8 Å². The predicted octanol–water partition coefficient (Wildman–Crippen LogP) is 6.22. The minimum absolute atomic E-state index is 0. The van der Waals surface area contributed by atoms with Crippen LogP contribution >= 0.6 is 11.8 Å². The summed E-state index contributed by atoms with van der Waals surface area (Å²) in [6.45, 7) is 14.1. The third-order valence-corrected chi connectivity index (χ3v) is 11.2. The quantitative estimate of drug-likeness (QED) is 0.326. The van der Waals surface area contributed by atoms with Gasteiger partial charge in [-0.25, -0.2) is 14.2 Å². The number of aromatic nitrogens is 3. The third-order valence-electron chi connectivity index (χ3n) is 9.74. The number of hydrogen-bond acceptors (Lipinski definition) is 6. The number of benzene rings is 1. The van der Waals surface area contributed by atoms with Gasteiger partial charge in [0.25, 0.3) is 0 Å². The summed E-state index contributed by atoms with van der Waals surface area (Å²) in [5.41, 5.74) is 2.60. The van der Waals surface area contributed by atoms with Gasteiger partial charge in [0, 0.05) is 58.4 Å². The fourth-order valence-electron chi connectivity index (χ4n) is 7.54. The van der Waals surface area contributed by atoms with Gasteiger partial charge in [0.05, 0.1) is 16.5 Å². The fraction of sp³-hybridized carbons (Fsp3) is 0.600. The number of para-hydroxylation sites is 1. The molecule has 0 radical (unpaired) electrons. The molecule has 0 aliphatic carbocycles. The summed E-state index contributed by atoms with van der Waals surface area (Å²) in [5.74, 6) is 0.552. The summed E-state index contributed by atoms with van der Waals surface area (Å²) >= 11 is 1.49. The number of carbonyl (C=O) groups excluding carboxylic acids is 2. The molecule has 0 bridgehead atoms. The van der Waals surface area contributed by atoms with Crippen LogP contribution in [0.5, 0.6) is 0 Å². The van der Waals surface area contributed by atoms with Gasteiger partial charge in [-0.05, 0) is 61.1 Å². The maximum atomic E-state index is 15.7. The highest BCUT2D eigenvalue weighted by Gasteiger charge is 2.44. The number of anilines is 1. The van der Waals surface area contributed by atoms with Crippen LogP contribution in [0.4, 0.5) is 10.1 Å². The van der Waals surface area contributed by atoms with Gasteiger partial charge in [-0.2, -0.15) is 0 Å². The molecule has 46 heavy (non-hydrogen) atoms. The third kappa shape index (κ3) is 6.71. The molecule has 0 saturated carbocycles. The minimum Gasteiger partial charge on any atom is -0.368 e. The Hall–Kier alpha value is -3.34. The first-order valence-corrected chi connectivity index (χ1v) is 17.7. The zero-order valence-corrected chi connectivity index (χ0v) is 28.5. The first-order chi connectivity index (χ1) is 21.9. The topological polar surface area (TPSA) is 94.5 Å². The summed E-state index contributed by atoms with van der Waals surface area (Å²) in [5, 5.41) is -0.896. The lowest BCUT2D eigenvalue weighted by Crippen LogP contribution is -2.42. The van der Waals surface area contributed by atoms with Crippen molar-refractivity contribution in [2.75, 3.05) is 37.6 Å². The van der Waals surface area contributed by atoms with Crippen LogP contribution in [0.15, 0.2) is 41.3 Å². The lowest BCUT2D eigenvalue weighted by Gasteiger charge is -2.39. The van der Waals surface area contributed by atoms with E-state index in [1.165, 1.54) is 17.8 Å². The average molecular weight is 653 g/mol. The molecule has 1 N–H and O–H groups in total. The second kappa shape index (κ2) is 13.0. The van der Waals surface area contributed by atoms with Crippen LogP contribution in [0.3, 0.4) is 0 Å². The molecule has 11 heteroatoms. The van der Waals surface area contributed by atoms with Gasteiger partial charge >= 0.3 is 5.69 Å². The van der Waals surface area contributed by atoms with Crippen molar-refractivity contribution in [3.63, 3.8) is 0 Å². The van der Waals surface area contributed by atoms with Gasteiger partial charge in [-0.15, -0.1) is 11.8 Å². The van der Waals surface area contributed by atoms with Gasteiger partial charge in [0.1, 0.15) is 11.2 Å². The van der Waals surface area contributed by atoms with E-state index in [9.17, 15) is 14.4 Å². The Balaban J connectivity index is 0.00000433. The van der Waals surface area contributed by atoms with Crippen LogP contribution in [0, 0.1) is 23.1 Å². The molecule has 5 heterocycles. The zero-order chi connectivity index (χ0) is 32.7. The second-order valence-corrected chi connectivity index (χ2v) is 16.1. The Morgan fingerprint density at radius 1 is 1.09 bits per heavy atom. The molecule has 0 spiro atoms. The highest BCUT2D eigenvalue weighted by Crippen LogP contribution is 2.49. The average Bonchev–Trinajstić information content (AvgIpc) is 3.50. The molecule has 1 aromatic carbocycles. The van der Waals surface area contributed by atoms with Crippen LogP contribution in [0.25, 0.3) is 11.2 Å². The number of pyridine rings is 1. The van der Waals surface area contributed by atoms with E-state index in [1.54, 1.807) is 16.8 Å². The number of aromatic amines is 1. The maximum absolute atomic E-state index is 15.7. The van der Waals surface area contributed by atoms with Crippen molar-refractivity contribution >= 4 is 40.4 Å². The Morgan fingerprint density at radius 2 is 1.80 bits per heavy atom. The number of H-pyrrole nitrogens is 1. The van der Waals surface area contributed by atoms with Gasteiger partial charge < -0.3 is 14.7 Å². The normalized spacial score (nSPS) is 24.7. The number of hydrogen-bond donors (Lipinski definition) is 1. The molecule has 0 unspecified atom stereocenters. The number of likely N-dealkylation sites (tertiary alicyclic amines) is 1. The van der Waals surface area contributed by atoms with Crippen molar-refractivity contribution in [1.82, 2.24) is 24.3 Å². The first kappa shape index (κ1) is 32.6. The van der Waals surface area contributed by atoms with Gasteiger partial charge in [-0.3, -0.25) is 19.1 Å². The number of nitrogens with zero attached hydrogens (tertiary/aromatic N) is 5. The Labute approximate surface area is 276 Å². The summed E-state index contributed by atoms with van der Waals surface area (Å²) in [4.78, 5) is 53.4. The molecule has 3 aromatic rings. The van der Waals surface area contributed by atoms with E-state index in [2.05, 4.69) is 49.5 Å². The van der Waals surface area contributed by atoms with Crippen molar-refractivity contribution in [2.24, 2.45) is 17.3 Å². The number of thioether (sulfide) groups is 1. The van der Waals surface area contributed by atoms with Crippen molar-refractivity contribution in [2.45, 2.75) is 83.4 Å². The lowest BCUT2D eigenvalue weighted by atomic mass is 9.90. The molecule has 3 saturated heterocycles. The van der Waals surface area contributed by atoms with Gasteiger partial charge in [0.15, 0.2) is 5.65 Å². The van der Waals surface area contributed by atoms with E-state index in [1.807, 2.05) is 28.0 Å². The van der Waals surface area contributed by atoms with Crippen LogP contribution in [-0.4, -0.2) is 74.1 Å². The first-order valence-electron chi connectivity index (χ1n) is 16.7. The molecule has 3 aliphatic rings. The fourth-order valence-corrected chi connectivity index (χ4v) is 9.04. The largest absolute Gasteiger partial charge is 0.368 e. The van der Waals surface area contributed by atoms with Crippen LogP contribution in [-0.2, 0) is 9.59 Å². The smallest absolute Gasteiger partial charge is 0.327 e. The van der Waals surface area contributed by atoms with E-state index in [0.29, 0.717) is 55.6 Å². The van der Waals surface area contributed by atoms with Crippen LogP contribution in [0.1, 0.15) is 85.1 Å². The molecule has 250 valence electrons. The van der Waals surface area contributed by atoms with Gasteiger partial charge in [-0.1, -0.05) is 46.8 Å². The standard InChI is InChI=1S/C35H47FN6O3S.H2/c1-22-18-23(2)21-40(20-22)30-25(8-6-9-26(30)36)33-41(17-13-35(3,4)5)32(44)28(46-33)19-29(43)39-15-11-24(12-16-39)42-27-10-7-14-37-31(27)38-34(42)45;/h6-10,14,22-24,28,33H,11-13,15-21H2,1-5H3,(H,37,38,45);1H/t22-,23+,28-,33+;/m0./s1. The number of nitrogens with one attached hydrogen (secondary N) is 1. The zero-order valence-electron chi connectivity index (χ0n) is 27.7. The van der Waals surface area contributed by atoms with Crippen LogP contribution in [0.2, 0.25) is 0 Å². The van der Waals surface area contributed by atoms with E-state index in [0.717, 1.165) is 37.0 Å². The summed E-state index contributed by atoms with van der Waals surface area (Å²) in [6.07, 6.45) is 4.99. The highest BCUT2D eigenvalue weighted by molar-refractivity contribution is 8.01. The Kier molecular flexibility index (Phi) is 9.24. The number of amides is 2. The van der Waals surface area contributed by atoms with Crippen LogP contribution < -0.4 is 10.6 Å².